The minimum Gasteiger partial charge on any atom is -0.273 e. The van der Waals surface area contributed by atoms with Crippen molar-refractivity contribution in [3.8, 4) is 0 Å². The van der Waals surface area contributed by atoms with Crippen molar-refractivity contribution >= 4 is 23.4 Å². The molecule has 0 amide bonds. The van der Waals surface area contributed by atoms with E-state index in [1.165, 1.54) is 5.69 Å². The fraction of sp³-hybridized carbons (Fsp3) is 0.625. The summed E-state index contributed by atoms with van der Waals surface area (Å²) < 4.78 is 1.92. The number of thioether (sulfide) groups is 1. The average molecular weight is 205 g/mol. The molecule has 0 unspecified atom stereocenters. The third kappa shape index (κ3) is 3.07. The van der Waals surface area contributed by atoms with E-state index in [1.807, 2.05) is 29.7 Å². The molecule has 0 fully saturated rings. The number of halogens is 1. The molecule has 0 atom stereocenters. The molecule has 0 saturated carbocycles. The Hall–Kier alpha value is -0.150. The first-order chi connectivity index (χ1) is 5.84. The van der Waals surface area contributed by atoms with Crippen LogP contribution in [0.3, 0.4) is 0 Å². The molecule has 0 aliphatic heterocycles. The summed E-state index contributed by atoms with van der Waals surface area (Å²) in [6, 6.07) is 2.06. The van der Waals surface area contributed by atoms with Crippen LogP contribution in [0.15, 0.2) is 12.3 Å². The van der Waals surface area contributed by atoms with Gasteiger partial charge in [0.05, 0.1) is 0 Å². The summed E-state index contributed by atoms with van der Waals surface area (Å²) in [5.74, 6) is 2.92. The minimum absolute atomic E-state index is 0.746. The maximum atomic E-state index is 5.56. The molecule has 0 aliphatic carbocycles. The Balaban J connectivity index is 2.20. The van der Waals surface area contributed by atoms with Gasteiger partial charge in [0.1, 0.15) is 0 Å². The first kappa shape index (κ1) is 9.93. The molecule has 0 bridgehead atoms. The number of nitrogens with zero attached hydrogens (tertiary/aromatic N) is 2. The zero-order chi connectivity index (χ0) is 8.81. The van der Waals surface area contributed by atoms with Gasteiger partial charge in [-0.05, 0) is 18.2 Å². The van der Waals surface area contributed by atoms with Crippen molar-refractivity contribution < 1.29 is 0 Å². The monoisotopic (exact) mass is 204 g/mol. The number of hydrogen-bond acceptors (Lipinski definition) is 2. The van der Waals surface area contributed by atoms with Gasteiger partial charge in [-0.15, -0.1) is 11.6 Å². The molecule has 0 saturated heterocycles. The molecule has 1 aromatic heterocycles. The van der Waals surface area contributed by atoms with Gasteiger partial charge in [0.2, 0.25) is 0 Å². The Bertz CT molecular complexity index is 225. The maximum Gasteiger partial charge on any atom is 0.0492 e. The molecule has 2 nitrogen and oxygen atoms in total. The van der Waals surface area contributed by atoms with E-state index >= 15 is 0 Å². The largest absolute Gasteiger partial charge is 0.273 e. The summed E-state index contributed by atoms with van der Waals surface area (Å²) in [4.78, 5) is 0. The van der Waals surface area contributed by atoms with Crippen molar-refractivity contribution in [2.75, 3.05) is 17.4 Å². The zero-order valence-electron chi connectivity index (χ0n) is 7.16. The number of alkyl halides is 1. The van der Waals surface area contributed by atoms with Gasteiger partial charge in [0.25, 0.3) is 0 Å². The Morgan fingerprint density at radius 3 is 3.00 bits per heavy atom. The van der Waals surface area contributed by atoms with Crippen LogP contribution >= 0.6 is 23.4 Å². The zero-order valence-corrected chi connectivity index (χ0v) is 8.74. The molecular weight excluding hydrogens is 192 g/mol. The van der Waals surface area contributed by atoms with Crippen LogP contribution in [0.1, 0.15) is 5.69 Å². The van der Waals surface area contributed by atoms with Crippen molar-refractivity contribution in [2.45, 2.75) is 6.42 Å². The normalized spacial score (nSPS) is 10.5. The number of hydrogen-bond donors (Lipinski definition) is 0. The second kappa shape index (κ2) is 5.49. The Morgan fingerprint density at radius 2 is 2.42 bits per heavy atom. The highest BCUT2D eigenvalue weighted by Crippen LogP contribution is 2.05. The van der Waals surface area contributed by atoms with Gasteiger partial charge < -0.3 is 0 Å². The molecule has 1 aromatic rings. The molecule has 0 N–H and O–H groups in total. The Kier molecular flexibility index (Phi) is 4.54. The van der Waals surface area contributed by atoms with E-state index in [0.717, 1.165) is 23.8 Å². The maximum absolute atomic E-state index is 5.56. The number of aromatic nitrogens is 2. The summed E-state index contributed by atoms with van der Waals surface area (Å²) in [5.41, 5.74) is 1.29. The summed E-state index contributed by atoms with van der Waals surface area (Å²) >= 11 is 7.44. The van der Waals surface area contributed by atoms with Crippen LogP contribution in [0.25, 0.3) is 0 Å². The van der Waals surface area contributed by atoms with Gasteiger partial charge in [-0.25, -0.2) is 0 Å². The first-order valence-corrected chi connectivity index (χ1v) is 5.64. The SMILES string of the molecule is Cn1nccc1CCSCCCl. The average Bonchev–Trinajstić information content (AvgIpc) is 2.46. The summed E-state index contributed by atoms with van der Waals surface area (Å²) in [5, 5.41) is 4.10. The lowest BCUT2D eigenvalue weighted by atomic mass is 10.3. The van der Waals surface area contributed by atoms with Crippen LogP contribution in [0.5, 0.6) is 0 Å². The Labute approximate surface area is 82.3 Å². The van der Waals surface area contributed by atoms with E-state index in [9.17, 15) is 0 Å². The molecule has 0 aromatic carbocycles. The second-order valence-electron chi connectivity index (χ2n) is 2.50. The van der Waals surface area contributed by atoms with Gasteiger partial charge in [0.15, 0.2) is 0 Å². The van der Waals surface area contributed by atoms with Crippen molar-refractivity contribution in [1.29, 1.82) is 0 Å². The van der Waals surface area contributed by atoms with E-state index < -0.39 is 0 Å². The van der Waals surface area contributed by atoms with Crippen LogP contribution in [-0.2, 0) is 13.5 Å². The summed E-state index contributed by atoms with van der Waals surface area (Å²) in [6.07, 6.45) is 2.92. The van der Waals surface area contributed by atoms with Crippen molar-refractivity contribution in [3.05, 3.63) is 18.0 Å². The smallest absolute Gasteiger partial charge is 0.0492 e. The molecule has 12 heavy (non-hydrogen) atoms. The van der Waals surface area contributed by atoms with Crippen LogP contribution in [0.4, 0.5) is 0 Å². The molecule has 68 valence electrons. The highest BCUT2D eigenvalue weighted by molar-refractivity contribution is 7.99. The van der Waals surface area contributed by atoms with Gasteiger partial charge in [-0.1, -0.05) is 0 Å². The molecule has 0 radical (unpaired) electrons. The first-order valence-electron chi connectivity index (χ1n) is 3.95. The lowest BCUT2D eigenvalue weighted by Gasteiger charge is -2.00. The minimum atomic E-state index is 0.746. The molecule has 4 heteroatoms. The highest BCUT2D eigenvalue weighted by atomic mass is 35.5. The Morgan fingerprint density at radius 1 is 1.58 bits per heavy atom. The van der Waals surface area contributed by atoms with Gasteiger partial charge >= 0.3 is 0 Å². The fourth-order valence-electron chi connectivity index (χ4n) is 0.980. The standard InChI is InChI=1S/C8H13ClN2S/c1-11-8(2-5-10-11)3-6-12-7-4-9/h2,5H,3-4,6-7H2,1H3. The molecule has 0 spiro atoms. The van der Waals surface area contributed by atoms with E-state index in [1.54, 1.807) is 0 Å². The molecule has 1 rings (SSSR count). The molecule has 1 heterocycles. The lowest BCUT2D eigenvalue weighted by molar-refractivity contribution is 0.720. The van der Waals surface area contributed by atoms with Crippen LogP contribution in [0.2, 0.25) is 0 Å². The third-order valence-corrected chi connectivity index (χ3v) is 3.05. The van der Waals surface area contributed by atoms with Crippen LogP contribution in [0, 0.1) is 0 Å². The number of rotatable bonds is 5. The van der Waals surface area contributed by atoms with Crippen LogP contribution < -0.4 is 0 Å². The number of aryl methyl sites for hydroxylation is 2. The van der Waals surface area contributed by atoms with Gasteiger partial charge in [0, 0.05) is 30.6 Å². The fourth-order valence-corrected chi connectivity index (χ4v) is 1.97. The van der Waals surface area contributed by atoms with E-state index in [0.29, 0.717) is 0 Å². The van der Waals surface area contributed by atoms with E-state index in [-0.39, 0.29) is 0 Å². The van der Waals surface area contributed by atoms with Crippen LogP contribution in [-0.4, -0.2) is 27.2 Å². The lowest BCUT2D eigenvalue weighted by Crippen LogP contribution is -1.99. The van der Waals surface area contributed by atoms with E-state index in [4.69, 9.17) is 11.6 Å². The predicted octanol–water partition coefficient (Wildman–Crippen LogP) is 1.93. The van der Waals surface area contributed by atoms with E-state index in [2.05, 4.69) is 11.2 Å². The summed E-state index contributed by atoms with van der Waals surface area (Å²) in [7, 11) is 1.97. The molecular formula is C8H13ClN2S. The van der Waals surface area contributed by atoms with Crippen molar-refractivity contribution in [1.82, 2.24) is 9.78 Å². The van der Waals surface area contributed by atoms with Gasteiger partial charge in [-0.2, -0.15) is 16.9 Å². The second-order valence-corrected chi connectivity index (χ2v) is 4.10. The quantitative estimate of drug-likeness (QED) is 0.539. The predicted molar refractivity (Wildman–Crippen MR) is 55.0 cm³/mol. The summed E-state index contributed by atoms with van der Waals surface area (Å²) in [6.45, 7) is 0. The van der Waals surface area contributed by atoms with Gasteiger partial charge in [-0.3, -0.25) is 4.68 Å². The topological polar surface area (TPSA) is 17.8 Å². The van der Waals surface area contributed by atoms with Crippen molar-refractivity contribution in [3.63, 3.8) is 0 Å². The highest BCUT2D eigenvalue weighted by Gasteiger charge is 1.97. The molecule has 0 aliphatic rings. The third-order valence-electron chi connectivity index (χ3n) is 1.65. The van der Waals surface area contributed by atoms with Crippen molar-refractivity contribution in [2.24, 2.45) is 7.05 Å².